The average Bonchev–Trinajstić information content (AvgIpc) is 2.45. The van der Waals surface area contributed by atoms with Crippen molar-refractivity contribution in [3.05, 3.63) is 65.2 Å². The maximum Gasteiger partial charge on any atom is 0.238 e. The fourth-order valence-corrected chi connectivity index (χ4v) is 2.15. The van der Waals surface area contributed by atoms with Crippen LogP contribution in [0.25, 0.3) is 0 Å². The van der Waals surface area contributed by atoms with Crippen molar-refractivity contribution < 1.29 is 4.79 Å². The molecule has 1 amide bonds. The number of carbonyl (C=O) groups excluding carboxylic acids is 1. The lowest BCUT2D eigenvalue weighted by molar-refractivity contribution is -0.115. The van der Waals surface area contributed by atoms with E-state index in [1.165, 1.54) is 11.1 Å². The van der Waals surface area contributed by atoms with Gasteiger partial charge in [-0.05, 0) is 44.0 Å². The summed E-state index contributed by atoms with van der Waals surface area (Å²) < 4.78 is 0. The van der Waals surface area contributed by atoms with Crippen molar-refractivity contribution in [3.8, 4) is 0 Å². The summed E-state index contributed by atoms with van der Waals surface area (Å²) in [5.74, 6) is -0.0282. The van der Waals surface area contributed by atoms with Crippen molar-refractivity contribution in [2.45, 2.75) is 26.8 Å². The van der Waals surface area contributed by atoms with Crippen LogP contribution in [-0.4, -0.2) is 12.5 Å². The van der Waals surface area contributed by atoms with E-state index in [0.29, 0.717) is 6.54 Å². The predicted molar refractivity (Wildman–Crippen MR) is 87.4 cm³/mol. The first-order valence-electron chi connectivity index (χ1n) is 7.21. The monoisotopic (exact) mass is 282 g/mol. The summed E-state index contributed by atoms with van der Waals surface area (Å²) in [5, 5.41) is 6.14. The highest BCUT2D eigenvalue weighted by atomic mass is 16.1. The van der Waals surface area contributed by atoms with Gasteiger partial charge < -0.3 is 10.6 Å². The van der Waals surface area contributed by atoms with Crippen LogP contribution in [0.1, 0.15) is 29.7 Å². The van der Waals surface area contributed by atoms with Gasteiger partial charge in [-0.25, -0.2) is 0 Å². The number of aryl methyl sites for hydroxylation is 2. The number of rotatable bonds is 5. The van der Waals surface area contributed by atoms with Gasteiger partial charge in [0, 0.05) is 11.7 Å². The maximum atomic E-state index is 11.9. The van der Waals surface area contributed by atoms with Gasteiger partial charge in [0.1, 0.15) is 0 Å². The lowest BCUT2D eigenvalue weighted by Gasteiger charge is -2.14. The van der Waals surface area contributed by atoms with E-state index in [0.717, 1.165) is 11.3 Å². The zero-order valence-electron chi connectivity index (χ0n) is 12.8. The number of hydrogen-bond donors (Lipinski definition) is 2. The number of amides is 1. The highest BCUT2D eigenvalue weighted by Gasteiger charge is 2.07. The lowest BCUT2D eigenvalue weighted by Crippen LogP contribution is -2.30. The lowest BCUT2D eigenvalue weighted by atomic mass is 10.1. The maximum absolute atomic E-state index is 11.9. The van der Waals surface area contributed by atoms with E-state index in [1.54, 1.807) is 0 Å². The molecule has 0 spiro atoms. The summed E-state index contributed by atoms with van der Waals surface area (Å²) in [6.45, 7) is 6.43. The van der Waals surface area contributed by atoms with Gasteiger partial charge in [0.15, 0.2) is 0 Å². The molecule has 1 atom stereocenters. The van der Waals surface area contributed by atoms with Gasteiger partial charge in [-0.2, -0.15) is 0 Å². The third-order valence-corrected chi connectivity index (χ3v) is 3.45. The Labute approximate surface area is 126 Å². The van der Waals surface area contributed by atoms with Crippen LogP contribution in [0, 0.1) is 13.8 Å². The van der Waals surface area contributed by atoms with Crippen molar-refractivity contribution >= 4 is 11.6 Å². The van der Waals surface area contributed by atoms with Crippen molar-refractivity contribution in [1.29, 1.82) is 0 Å². The number of anilines is 1. The second kappa shape index (κ2) is 7.04. The van der Waals surface area contributed by atoms with Gasteiger partial charge in [0.25, 0.3) is 0 Å². The minimum atomic E-state index is -0.0282. The Bertz CT molecular complexity index is 605. The van der Waals surface area contributed by atoms with E-state index in [9.17, 15) is 4.79 Å². The average molecular weight is 282 g/mol. The van der Waals surface area contributed by atoms with Crippen molar-refractivity contribution in [2.24, 2.45) is 0 Å². The fraction of sp³-hybridized carbons (Fsp3) is 0.278. The Morgan fingerprint density at radius 2 is 1.76 bits per heavy atom. The zero-order chi connectivity index (χ0) is 15.2. The molecule has 3 heteroatoms. The molecular formula is C18H22N2O. The fourth-order valence-electron chi connectivity index (χ4n) is 2.15. The molecule has 2 N–H and O–H groups in total. The number of hydrogen-bond acceptors (Lipinski definition) is 2. The number of nitrogens with one attached hydrogen (secondary N) is 2. The summed E-state index contributed by atoms with van der Waals surface area (Å²) in [5.41, 5.74) is 4.39. The SMILES string of the molecule is Cc1ccc(C(C)NCC(=O)Nc2cccc(C)c2)cc1. The van der Waals surface area contributed by atoms with Gasteiger partial charge in [-0.1, -0.05) is 42.0 Å². The first-order chi connectivity index (χ1) is 10.0. The molecule has 0 radical (unpaired) electrons. The molecule has 2 aromatic rings. The standard InChI is InChI=1S/C18H22N2O/c1-13-7-9-16(10-8-13)15(3)19-12-18(21)20-17-6-4-5-14(2)11-17/h4-11,15,19H,12H2,1-3H3,(H,20,21). The Hall–Kier alpha value is -2.13. The van der Waals surface area contributed by atoms with E-state index in [-0.39, 0.29) is 11.9 Å². The Morgan fingerprint density at radius 1 is 1.05 bits per heavy atom. The van der Waals surface area contributed by atoms with Crippen LogP contribution in [-0.2, 0) is 4.79 Å². The second-order valence-electron chi connectivity index (χ2n) is 5.43. The van der Waals surface area contributed by atoms with Gasteiger partial charge >= 0.3 is 0 Å². The van der Waals surface area contributed by atoms with E-state index < -0.39 is 0 Å². The molecule has 0 aliphatic rings. The van der Waals surface area contributed by atoms with E-state index >= 15 is 0 Å². The van der Waals surface area contributed by atoms with Gasteiger partial charge in [-0.15, -0.1) is 0 Å². The first kappa shape index (κ1) is 15.3. The summed E-state index contributed by atoms with van der Waals surface area (Å²) in [7, 11) is 0. The van der Waals surface area contributed by atoms with Crippen LogP contribution in [0.5, 0.6) is 0 Å². The molecule has 1 unspecified atom stereocenters. The molecule has 0 aromatic heterocycles. The third-order valence-electron chi connectivity index (χ3n) is 3.45. The van der Waals surface area contributed by atoms with Crippen LogP contribution >= 0.6 is 0 Å². The Kier molecular flexibility index (Phi) is 5.12. The van der Waals surface area contributed by atoms with Gasteiger partial charge in [0.2, 0.25) is 5.91 Å². The molecule has 0 fully saturated rings. The molecule has 3 nitrogen and oxygen atoms in total. The molecule has 21 heavy (non-hydrogen) atoms. The molecule has 0 heterocycles. The molecule has 0 saturated carbocycles. The van der Waals surface area contributed by atoms with Gasteiger partial charge in [-0.3, -0.25) is 4.79 Å². The quantitative estimate of drug-likeness (QED) is 0.880. The predicted octanol–water partition coefficient (Wildman–Crippen LogP) is 3.59. The molecular weight excluding hydrogens is 260 g/mol. The topological polar surface area (TPSA) is 41.1 Å². The van der Waals surface area contributed by atoms with E-state index in [4.69, 9.17) is 0 Å². The largest absolute Gasteiger partial charge is 0.325 e. The van der Waals surface area contributed by atoms with Crippen LogP contribution in [0.2, 0.25) is 0 Å². The minimum Gasteiger partial charge on any atom is -0.325 e. The zero-order valence-corrected chi connectivity index (χ0v) is 12.8. The molecule has 0 bridgehead atoms. The van der Waals surface area contributed by atoms with Crippen LogP contribution in [0.3, 0.4) is 0 Å². The van der Waals surface area contributed by atoms with Crippen LogP contribution in [0.15, 0.2) is 48.5 Å². The van der Waals surface area contributed by atoms with E-state index in [1.807, 2.05) is 31.2 Å². The molecule has 0 aliphatic heterocycles. The smallest absolute Gasteiger partial charge is 0.238 e. The van der Waals surface area contributed by atoms with Gasteiger partial charge in [0.05, 0.1) is 6.54 Å². The molecule has 2 aromatic carbocycles. The van der Waals surface area contributed by atoms with E-state index in [2.05, 4.69) is 48.7 Å². The van der Waals surface area contributed by atoms with Crippen LogP contribution < -0.4 is 10.6 Å². The first-order valence-corrected chi connectivity index (χ1v) is 7.21. The number of benzene rings is 2. The summed E-state index contributed by atoms with van der Waals surface area (Å²) >= 11 is 0. The van der Waals surface area contributed by atoms with Crippen molar-refractivity contribution in [3.63, 3.8) is 0 Å². The normalized spacial score (nSPS) is 12.0. The highest BCUT2D eigenvalue weighted by Crippen LogP contribution is 2.13. The van der Waals surface area contributed by atoms with Crippen molar-refractivity contribution in [2.75, 3.05) is 11.9 Å². The summed E-state index contributed by atoms with van der Waals surface area (Å²) in [6.07, 6.45) is 0. The molecule has 0 saturated heterocycles. The Balaban J connectivity index is 1.84. The minimum absolute atomic E-state index is 0.0282. The molecule has 110 valence electrons. The second-order valence-corrected chi connectivity index (χ2v) is 5.43. The van der Waals surface area contributed by atoms with Crippen LogP contribution in [0.4, 0.5) is 5.69 Å². The number of carbonyl (C=O) groups is 1. The molecule has 2 rings (SSSR count). The summed E-state index contributed by atoms with van der Waals surface area (Å²) in [4.78, 5) is 11.9. The third kappa shape index (κ3) is 4.72. The highest BCUT2D eigenvalue weighted by molar-refractivity contribution is 5.92. The summed E-state index contributed by atoms with van der Waals surface area (Å²) in [6, 6.07) is 16.3. The van der Waals surface area contributed by atoms with Crippen molar-refractivity contribution in [1.82, 2.24) is 5.32 Å². The Morgan fingerprint density at radius 3 is 2.43 bits per heavy atom. The molecule has 0 aliphatic carbocycles.